The average Bonchev–Trinajstić information content (AvgIpc) is 3.17. The molecule has 100 valence electrons. The van der Waals surface area contributed by atoms with Crippen molar-refractivity contribution in [2.24, 2.45) is 0 Å². The molecule has 5 heteroatoms. The van der Waals surface area contributed by atoms with E-state index < -0.39 is 0 Å². The van der Waals surface area contributed by atoms with Crippen LogP contribution in [0.1, 0.15) is 12.8 Å². The second-order valence-corrected chi connectivity index (χ2v) is 5.04. The Balaban J connectivity index is 1.80. The van der Waals surface area contributed by atoms with Crippen molar-refractivity contribution in [3.8, 4) is 5.82 Å². The Hall–Kier alpha value is -2.43. The number of hydrogen-bond acceptors (Lipinski definition) is 4. The molecule has 1 aromatic carbocycles. The van der Waals surface area contributed by atoms with Gasteiger partial charge < -0.3 is 4.90 Å². The molecular formula is C15H15N5. The van der Waals surface area contributed by atoms with Gasteiger partial charge in [0.1, 0.15) is 12.1 Å². The fraction of sp³-hybridized carbons (Fsp3) is 0.267. The van der Waals surface area contributed by atoms with Crippen LogP contribution in [0.4, 0.5) is 5.82 Å². The topological polar surface area (TPSA) is 46.8 Å². The van der Waals surface area contributed by atoms with Crippen LogP contribution in [0.3, 0.4) is 0 Å². The molecule has 0 spiro atoms. The standard InChI is InChI=1S/C15H15N5/c1-2-6-13-12(5-1)10-18-20(13)15-9-14(16-11-17-15)19-7-3-4-8-19/h1-2,5-6,9-11H,3-4,7-8H2. The Kier molecular flexibility index (Phi) is 2.62. The number of anilines is 1. The van der Waals surface area contributed by atoms with Gasteiger partial charge in [0.25, 0.3) is 0 Å². The normalized spacial score (nSPS) is 15.1. The molecule has 20 heavy (non-hydrogen) atoms. The van der Waals surface area contributed by atoms with Gasteiger partial charge in [0, 0.05) is 24.5 Å². The quantitative estimate of drug-likeness (QED) is 0.714. The van der Waals surface area contributed by atoms with E-state index >= 15 is 0 Å². The zero-order valence-corrected chi connectivity index (χ0v) is 11.1. The lowest BCUT2D eigenvalue weighted by Gasteiger charge is -2.16. The second kappa shape index (κ2) is 4.59. The molecule has 4 rings (SSSR count). The first-order valence-corrected chi connectivity index (χ1v) is 6.92. The molecule has 0 amide bonds. The summed E-state index contributed by atoms with van der Waals surface area (Å²) in [6.07, 6.45) is 5.97. The summed E-state index contributed by atoms with van der Waals surface area (Å²) >= 11 is 0. The van der Waals surface area contributed by atoms with E-state index in [1.54, 1.807) is 6.33 Å². The first-order valence-electron chi connectivity index (χ1n) is 6.92. The Bertz CT molecular complexity index is 743. The molecule has 3 heterocycles. The number of benzene rings is 1. The maximum Gasteiger partial charge on any atom is 0.159 e. The highest BCUT2D eigenvalue weighted by Gasteiger charge is 2.15. The van der Waals surface area contributed by atoms with Crippen molar-refractivity contribution in [2.75, 3.05) is 18.0 Å². The number of para-hydroxylation sites is 1. The minimum Gasteiger partial charge on any atom is -0.356 e. The van der Waals surface area contributed by atoms with Crippen molar-refractivity contribution in [3.05, 3.63) is 42.9 Å². The van der Waals surface area contributed by atoms with Crippen LogP contribution in [-0.2, 0) is 0 Å². The molecule has 3 aromatic rings. The predicted molar refractivity (Wildman–Crippen MR) is 78.1 cm³/mol. The fourth-order valence-corrected chi connectivity index (χ4v) is 2.73. The van der Waals surface area contributed by atoms with Gasteiger partial charge in [-0.05, 0) is 18.9 Å². The van der Waals surface area contributed by atoms with E-state index in [1.807, 2.05) is 29.1 Å². The summed E-state index contributed by atoms with van der Waals surface area (Å²) in [5.74, 6) is 1.81. The summed E-state index contributed by atoms with van der Waals surface area (Å²) in [7, 11) is 0. The van der Waals surface area contributed by atoms with E-state index in [0.717, 1.165) is 35.6 Å². The molecule has 1 saturated heterocycles. The van der Waals surface area contributed by atoms with Gasteiger partial charge in [-0.2, -0.15) is 5.10 Å². The van der Waals surface area contributed by atoms with Gasteiger partial charge in [-0.15, -0.1) is 0 Å². The van der Waals surface area contributed by atoms with Gasteiger partial charge >= 0.3 is 0 Å². The second-order valence-electron chi connectivity index (χ2n) is 5.04. The number of aromatic nitrogens is 4. The molecule has 0 unspecified atom stereocenters. The summed E-state index contributed by atoms with van der Waals surface area (Å²) in [4.78, 5) is 11.1. The molecule has 0 atom stereocenters. The average molecular weight is 265 g/mol. The van der Waals surface area contributed by atoms with Crippen LogP contribution in [0, 0.1) is 0 Å². The third-order valence-corrected chi connectivity index (χ3v) is 3.76. The maximum atomic E-state index is 4.44. The van der Waals surface area contributed by atoms with Crippen molar-refractivity contribution in [2.45, 2.75) is 12.8 Å². The zero-order chi connectivity index (χ0) is 13.4. The summed E-state index contributed by atoms with van der Waals surface area (Å²) in [6.45, 7) is 2.16. The number of nitrogens with zero attached hydrogens (tertiary/aromatic N) is 5. The smallest absolute Gasteiger partial charge is 0.159 e. The first kappa shape index (κ1) is 11.4. The summed E-state index contributed by atoms with van der Waals surface area (Å²) in [6, 6.07) is 10.2. The molecule has 0 N–H and O–H groups in total. The minimum atomic E-state index is 0.822. The monoisotopic (exact) mass is 265 g/mol. The van der Waals surface area contributed by atoms with Gasteiger partial charge in [0.05, 0.1) is 11.7 Å². The SMILES string of the molecule is c1ccc2c(c1)cnn2-c1cc(N2CCCC2)ncn1. The van der Waals surface area contributed by atoms with E-state index in [9.17, 15) is 0 Å². The van der Waals surface area contributed by atoms with Crippen molar-refractivity contribution < 1.29 is 0 Å². The molecule has 0 aliphatic carbocycles. The lowest BCUT2D eigenvalue weighted by Crippen LogP contribution is -2.19. The van der Waals surface area contributed by atoms with E-state index in [4.69, 9.17) is 0 Å². The molecule has 1 aliphatic heterocycles. The van der Waals surface area contributed by atoms with Crippen LogP contribution in [-0.4, -0.2) is 32.8 Å². The van der Waals surface area contributed by atoms with E-state index in [2.05, 4.69) is 32.1 Å². The third-order valence-electron chi connectivity index (χ3n) is 3.76. The largest absolute Gasteiger partial charge is 0.356 e. The van der Waals surface area contributed by atoms with Gasteiger partial charge in [0.15, 0.2) is 5.82 Å². The lowest BCUT2D eigenvalue weighted by molar-refractivity contribution is 0.852. The van der Waals surface area contributed by atoms with Crippen LogP contribution >= 0.6 is 0 Å². The predicted octanol–water partition coefficient (Wildman–Crippen LogP) is 2.42. The van der Waals surface area contributed by atoms with Crippen LogP contribution < -0.4 is 4.90 Å². The highest BCUT2D eigenvalue weighted by Crippen LogP contribution is 2.21. The molecular weight excluding hydrogens is 250 g/mol. The van der Waals surface area contributed by atoms with Gasteiger partial charge in [-0.1, -0.05) is 18.2 Å². The molecule has 2 aromatic heterocycles. The highest BCUT2D eigenvalue weighted by molar-refractivity contribution is 5.79. The molecule has 1 fully saturated rings. The van der Waals surface area contributed by atoms with Crippen LogP contribution in [0.25, 0.3) is 16.7 Å². The summed E-state index contributed by atoms with van der Waals surface area (Å²) < 4.78 is 1.87. The zero-order valence-electron chi connectivity index (χ0n) is 11.1. The van der Waals surface area contributed by atoms with Gasteiger partial charge in [0.2, 0.25) is 0 Å². The molecule has 0 radical (unpaired) electrons. The fourth-order valence-electron chi connectivity index (χ4n) is 2.73. The minimum absolute atomic E-state index is 0.822. The van der Waals surface area contributed by atoms with E-state index in [-0.39, 0.29) is 0 Å². The number of fused-ring (bicyclic) bond motifs is 1. The Morgan fingerprint density at radius 3 is 2.65 bits per heavy atom. The summed E-state index contributed by atoms with van der Waals surface area (Å²) in [5, 5.41) is 5.56. The Labute approximate surface area is 116 Å². The van der Waals surface area contributed by atoms with Crippen molar-refractivity contribution in [1.29, 1.82) is 0 Å². The van der Waals surface area contributed by atoms with Crippen LogP contribution in [0.5, 0.6) is 0 Å². The molecule has 0 saturated carbocycles. The Morgan fingerprint density at radius 2 is 1.75 bits per heavy atom. The first-order chi connectivity index (χ1) is 9.92. The van der Waals surface area contributed by atoms with Crippen LogP contribution in [0.2, 0.25) is 0 Å². The maximum absolute atomic E-state index is 4.44. The van der Waals surface area contributed by atoms with Crippen molar-refractivity contribution >= 4 is 16.7 Å². The van der Waals surface area contributed by atoms with Crippen molar-refractivity contribution in [1.82, 2.24) is 19.7 Å². The van der Waals surface area contributed by atoms with Crippen molar-refractivity contribution in [3.63, 3.8) is 0 Å². The lowest BCUT2D eigenvalue weighted by atomic mass is 10.2. The Morgan fingerprint density at radius 1 is 0.950 bits per heavy atom. The third kappa shape index (κ3) is 1.82. The van der Waals surface area contributed by atoms with Gasteiger partial charge in [-0.25, -0.2) is 14.6 Å². The molecule has 5 nitrogen and oxygen atoms in total. The number of rotatable bonds is 2. The van der Waals surface area contributed by atoms with Gasteiger partial charge in [-0.3, -0.25) is 0 Å². The van der Waals surface area contributed by atoms with E-state index in [0.29, 0.717) is 0 Å². The molecule has 1 aliphatic rings. The number of hydrogen-bond donors (Lipinski definition) is 0. The van der Waals surface area contributed by atoms with E-state index in [1.165, 1.54) is 12.8 Å². The van der Waals surface area contributed by atoms with Crippen LogP contribution in [0.15, 0.2) is 42.9 Å². The highest BCUT2D eigenvalue weighted by atomic mass is 15.3. The summed E-state index contributed by atoms with van der Waals surface area (Å²) in [5.41, 5.74) is 1.07. The molecule has 0 bridgehead atoms.